The molecule has 0 atom stereocenters. The van der Waals surface area contributed by atoms with E-state index in [1.54, 1.807) is 133 Å². The molecule has 0 spiro atoms. The summed E-state index contributed by atoms with van der Waals surface area (Å²) in [6.45, 7) is 10.0. The van der Waals surface area contributed by atoms with Gasteiger partial charge in [-0.05, 0) is 208 Å². The zero-order valence-corrected chi connectivity index (χ0v) is 83.5. The number of nitro benzene ring substituents is 2. The second-order valence-electron chi connectivity index (χ2n) is 32.4. The molecule has 139 heavy (non-hydrogen) atoms. The molecule has 3 aromatic carbocycles. The number of nitrogens with one attached hydrogen (secondary N) is 6. The molecule has 0 unspecified atom stereocenters. The topological polar surface area (TPSA) is 472 Å². The number of nitrogen functional groups attached to an aromatic ring is 2. The first-order valence-electron chi connectivity index (χ1n) is 42.0. The summed E-state index contributed by atoms with van der Waals surface area (Å²) in [7, 11) is 48.3. The van der Waals surface area contributed by atoms with Gasteiger partial charge in [0.05, 0.1) is 15.5 Å². The van der Waals surface area contributed by atoms with Gasteiger partial charge in [-0.3, -0.25) is 44.2 Å². The van der Waals surface area contributed by atoms with Crippen LogP contribution in [0.25, 0.3) is 0 Å². The quantitative estimate of drug-likeness (QED) is 0.00287. The maximum Gasteiger partial charge on any atom is 0.519 e. The molecule has 5 fully saturated rings. The Balaban J connectivity index is 0.000000277. The number of halogens is 9. The predicted octanol–water partition coefficient (Wildman–Crippen LogP) is 12.9. The lowest BCUT2D eigenvalue weighted by Crippen LogP contribution is -2.73. The van der Waals surface area contributed by atoms with Gasteiger partial charge in [-0.25, -0.2) is 43.9 Å². The van der Waals surface area contributed by atoms with Crippen LogP contribution in [0.2, 0.25) is 5.15 Å². The van der Waals surface area contributed by atoms with Crippen LogP contribution in [-0.2, 0) is 47.8 Å². The molecule has 5 saturated carbocycles. The lowest BCUT2D eigenvalue weighted by Gasteiger charge is -2.35. The van der Waals surface area contributed by atoms with Crippen molar-refractivity contribution in [3.8, 4) is 0 Å². The number of nitro groups is 2. The highest BCUT2D eigenvalue weighted by molar-refractivity contribution is 9.11. The van der Waals surface area contributed by atoms with Crippen molar-refractivity contribution in [3.05, 3.63) is 225 Å². The van der Waals surface area contributed by atoms with Crippen LogP contribution in [0, 0.1) is 67.3 Å². The van der Waals surface area contributed by atoms with E-state index in [9.17, 15) is 76.6 Å². The van der Waals surface area contributed by atoms with Crippen molar-refractivity contribution in [1.29, 1.82) is 0 Å². The molecule has 10 N–H and O–H groups in total. The summed E-state index contributed by atoms with van der Waals surface area (Å²) in [6.07, 6.45) is 14.5. The van der Waals surface area contributed by atoms with Gasteiger partial charge >= 0.3 is 38.5 Å². The lowest BCUT2D eigenvalue weighted by atomic mass is 8.46. The van der Waals surface area contributed by atoms with Crippen LogP contribution in [0.5, 0.6) is 0 Å². The summed E-state index contributed by atoms with van der Waals surface area (Å²) < 4.78 is 57.0. The van der Waals surface area contributed by atoms with E-state index in [0.29, 0.717) is 69.4 Å². The fourth-order valence-corrected chi connectivity index (χ4v) is 12.5. The molecule has 697 valence electrons. The molecule has 5 aliphatic rings. The smallest absolute Gasteiger partial charge is 0.428 e. The van der Waals surface area contributed by atoms with Crippen molar-refractivity contribution in [2.45, 2.75) is 117 Å². The molecule has 6 heterocycles. The number of hydrogen-bond acceptors (Lipinski definition) is 27. The van der Waals surface area contributed by atoms with Crippen molar-refractivity contribution in [2.75, 3.05) is 48.1 Å². The molecule has 5 aliphatic carbocycles. The van der Waals surface area contributed by atoms with Crippen LogP contribution >= 0.6 is 86.9 Å². The number of ether oxygens (including phenoxy) is 3. The van der Waals surface area contributed by atoms with Crippen LogP contribution in [0.15, 0.2) is 182 Å². The number of rotatable bonds is 26. The number of nitrogens with zero attached hydrogens (tertiary/aromatic N) is 9. The van der Waals surface area contributed by atoms with E-state index in [1.807, 2.05) is 18.2 Å². The highest BCUT2D eigenvalue weighted by Crippen LogP contribution is 2.36. The first-order valence-corrected chi connectivity index (χ1v) is 45.9. The van der Waals surface area contributed by atoms with Crippen molar-refractivity contribution >= 4 is 337 Å². The largest absolute Gasteiger partial charge is 0.519 e. The molecular formula is C80H82B17Br4Cl2F3N17O16. The van der Waals surface area contributed by atoms with Crippen LogP contribution < -0.4 is 48.1 Å². The van der Waals surface area contributed by atoms with Gasteiger partial charge < -0.3 is 71.9 Å². The third kappa shape index (κ3) is 48.9. The summed E-state index contributed by atoms with van der Waals surface area (Å²) in [6, 6.07) is 32.2. The van der Waals surface area contributed by atoms with E-state index < -0.39 is 100 Å². The van der Waals surface area contributed by atoms with E-state index in [0.717, 1.165) is 106 Å². The average Bonchev–Trinajstić information content (AvgIpc) is 1.71. The van der Waals surface area contributed by atoms with E-state index in [1.165, 1.54) is 57.2 Å². The van der Waals surface area contributed by atoms with E-state index in [4.69, 9.17) is 106 Å². The van der Waals surface area contributed by atoms with Crippen molar-refractivity contribution in [3.63, 3.8) is 0 Å². The number of hydrogen-bond donors (Lipinski definition) is 8. The first kappa shape index (κ1) is 119. The second-order valence-corrected chi connectivity index (χ2v) is 36.8. The van der Waals surface area contributed by atoms with Crippen molar-refractivity contribution in [2.24, 2.45) is 29.6 Å². The van der Waals surface area contributed by atoms with Gasteiger partial charge in [-0.2, -0.15) is 8.78 Å². The summed E-state index contributed by atoms with van der Waals surface area (Å²) in [5, 5.41) is 37.9. The van der Waals surface area contributed by atoms with Gasteiger partial charge in [0, 0.05) is 257 Å². The van der Waals surface area contributed by atoms with Crippen LogP contribution in [0.1, 0.15) is 106 Å². The minimum Gasteiger partial charge on any atom is -0.428 e. The maximum atomic E-state index is 13.6. The first-order chi connectivity index (χ1) is 65.5. The molecule has 0 aliphatic heterocycles. The Kier molecular flexibility index (Phi) is 51.2. The fourth-order valence-electron chi connectivity index (χ4n) is 10.6. The lowest BCUT2D eigenvalue weighted by molar-refractivity contribution is -0.387. The van der Waals surface area contributed by atoms with Crippen LogP contribution in [-0.4, -0.2) is 227 Å². The normalized spacial score (nSPS) is 12.5. The van der Waals surface area contributed by atoms with E-state index in [-0.39, 0.29) is 69.8 Å². The summed E-state index contributed by atoms with van der Waals surface area (Å²) >= 11 is 23.7. The second kappa shape index (κ2) is 59.8. The average molecular weight is 2170 g/mol. The van der Waals surface area contributed by atoms with Gasteiger partial charge in [-0.1, -0.05) is 75.3 Å². The van der Waals surface area contributed by atoms with Gasteiger partial charge in [0.15, 0.2) is 0 Å². The number of aromatic nitrogens is 6. The Morgan fingerprint density at radius 1 is 0.489 bits per heavy atom. The molecule has 0 bridgehead atoms. The Hall–Kier alpha value is -10.6. The SMILES string of the molecule is CC(C)(C)OC(=O)OC(=O)OC(C)(C)C.Clc1cc(Br)ccn1.Nc1ccc(Nc2ccnc(NC(=O)C3CC3)c2)cc1F.Nc1ccc([N+](=O)[O-])c(F)c1.O=C(Cl)C1CC1.O=C(Nc1cc(Br)ccn1)C1CC1.O=C(Nc1cc(Nc2ccc([N+](=O)[O-])c(F)c2)ccn1)C1CC1.O=C[B]N(C(=O)C1CC1)c1cc(Br)ccn1.O=C[B]Nc1cc(Br)ccn1.[B][B]B([B])B(B([B])[B])B(B([B])[B])B([B])[B]. The van der Waals surface area contributed by atoms with Crippen LogP contribution in [0.4, 0.5) is 97.3 Å². The number of pyridine rings is 6. The Bertz CT molecular complexity index is 5590. The molecule has 33 nitrogen and oxygen atoms in total. The number of anilines is 11. The van der Waals surface area contributed by atoms with Gasteiger partial charge in [0.25, 0.3) is 0 Å². The molecule has 19 radical (unpaired) electrons. The molecule has 9 aromatic rings. The zero-order valence-electron chi connectivity index (χ0n) is 75.6. The van der Waals surface area contributed by atoms with Crippen LogP contribution in [0.3, 0.4) is 0 Å². The molecule has 6 aromatic heterocycles. The van der Waals surface area contributed by atoms with Gasteiger partial charge in [0.2, 0.25) is 40.5 Å². The van der Waals surface area contributed by atoms with Gasteiger partial charge in [0.1, 0.15) is 63.6 Å². The Morgan fingerprint density at radius 2 is 0.863 bits per heavy atom. The number of carbonyl (C=O) groups excluding carboxylic acids is 9. The Labute approximate surface area is 860 Å². The maximum absolute atomic E-state index is 13.6. The zero-order chi connectivity index (χ0) is 104. The molecule has 4 amide bonds. The van der Waals surface area contributed by atoms with Gasteiger partial charge in [-0.15, -0.1) is 0 Å². The number of nitrogens with two attached hydrogens (primary N) is 2. The standard InChI is InChI=1S/C15H13FN4O3.C15H15FN4O.C10H9BBrN2O2.C10H18O5.C9H9BrN2O.C6H5BBrN2O.C6H5FN2O2.C5H3BrClN.C4H5ClO.B15/c16-12-7-10(3-4-13(12)20(22)23)18-11-5-6-17-14(8-11)19-15(21)9-1-2-9;16-12-7-10(3-4-13(12)17)19-11-5-6-18-14(8-11)20-15(21)9-1-2-9;12-8-3-4-13-9(5-8)14(11-6-15)10(16)7-1-2-7;1-9(2,3)14-7(11)13-8(12)15-10(4,5)6;10-7-3-4-11-8(5-7)12-9(13)6-1-2-6;8-5-1-2-9-6(3-5)10-7-4-11;7-5-3-4(8)1-2-6(5)9(10)11;6-4-1-2-8-5(7)3-4;5-4(6)3-1-2-3;1-9-13(8)15(12(6)7)14(10(2)3)11(4)5/h3-9H,1-2H2,(H2,17,18,19,21);3-9H,1-2,17H2,(H2,18,19,20,21);3-7H,1-2H2;1-6H3;3-6H,1-2H2,(H,11,12,13);1-4H,(H,9,10);1-3H,8H2;1-3H;3H,1-2H2;. The van der Waals surface area contributed by atoms with E-state index >= 15 is 0 Å². The Morgan fingerprint density at radius 3 is 1.21 bits per heavy atom. The van der Waals surface area contributed by atoms with Crippen molar-refractivity contribution in [1.82, 2.24) is 29.9 Å². The number of benzene rings is 3. The fraction of sp³-hybridized carbons (Fsp3) is 0.287. The van der Waals surface area contributed by atoms with E-state index in [2.05, 4.69) is 130 Å². The highest BCUT2D eigenvalue weighted by Gasteiger charge is 2.38. The number of amides is 4. The minimum atomic E-state index is -1.06. The summed E-state index contributed by atoms with van der Waals surface area (Å²) in [5.74, 6) is 0.967. The third-order valence-electron chi connectivity index (χ3n) is 18.1. The predicted molar refractivity (Wildman–Crippen MR) is 565 cm³/mol. The molecule has 59 heteroatoms. The number of carbonyl (C=O) groups is 9. The van der Waals surface area contributed by atoms with Crippen molar-refractivity contribution < 1.29 is 80.4 Å². The molecule has 0 saturated heterocycles. The minimum absolute atomic E-state index is 0.00169. The molecule has 14 rings (SSSR count). The monoisotopic (exact) mass is 2170 g/mol. The third-order valence-corrected chi connectivity index (χ3v) is 20.5. The molecular weight excluding hydrogens is 2090 g/mol. The highest BCUT2D eigenvalue weighted by atomic mass is 79.9. The summed E-state index contributed by atoms with van der Waals surface area (Å²) in [4.78, 5) is 143. The summed E-state index contributed by atoms with van der Waals surface area (Å²) in [5.41, 5.74) is 10.6.